The largest absolute Gasteiger partial charge is 0.493 e. The number of fused-ring (bicyclic) bond motifs is 1. The molecule has 0 aliphatic heterocycles. The van der Waals surface area contributed by atoms with Crippen molar-refractivity contribution in [1.29, 1.82) is 0 Å². The second-order valence-electron chi connectivity index (χ2n) is 6.65. The SMILES string of the molecule is COCCCOc1cccc(C(=O)NC(Cc2c[nH]c3ccccc23)C(=O)O)c1. The number of rotatable bonds is 10. The van der Waals surface area contributed by atoms with Crippen molar-refractivity contribution in [3.8, 4) is 5.75 Å². The lowest BCUT2D eigenvalue weighted by atomic mass is 10.0. The molecule has 0 saturated carbocycles. The lowest BCUT2D eigenvalue weighted by Crippen LogP contribution is -2.42. The summed E-state index contributed by atoms with van der Waals surface area (Å²) >= 11 is 0. The summed E-state index contributed by atoms with van der Waals surface area (Å²) in [4.78, 5) is 27.5. The molecular formula is C22H24N2O5. The van der Waals surface area contributed by atoms with Gasteiger partial charge in [0.25, 0.3) is 5.91 Å². The molecule has 1 atom stereocenters. The van der Waals surface area contributed by atoms with Crippen LogP contribution in [0.25, 0.3) is 10.9 Å². The first kappa shape index (κ1) is 20.4. The molecule has 3 N–H and O–H groups in total. The molecule has 0 radical (unpaired) electrons. The van der Waals surface area contributed by atoms with Crippen molar-refractivity contribution in [2.45, 2.75) is 18.9 Å². The highest BCUT2D eigenvalue weighted by Gasteiger charge is 2.22. The Bertz CT molecular complexity index is 982. The fourth-order valence-corrected chi connectivity index (χ4v) is 3.08. The zero-order chi connectivity index (χ0) is 20.6. The van der Waals surface area contributed by atoms with Gasteiger partial charge in [0, 0.05) is 49.2 Å². The maximum Gasteiger partial charge on any atom is 0.326 e. The van der Waals surface area contributed by atoms with Crippen LogP contribution in [0.15, 0.2) is 54.7 Å². The van der Waals surface area contributed by atoms with Crippen molar-refractivity contribution in [2.75, 3.05) is 20.3 Å². The van der Waals surface area contributed by atoms with Crippen LogP contribution in [0.1, 0.15) is 22.3 Å². The highest BCUT2D eigenvalue weighted by atomic mass is 16.5. The molecule has 0 spiro atoms. The smallest absolute Gasteiger partial charge is 0.326 e. The number of hydrogen-bond acceptors (Lipinski definition) is 4. The Hall–Kier alpha value is -3.32. The number of carboxylic acids is 1. The van der Waals surface area contributed by atoms with Crippen LogP contribution >= 0.6 is 0 Å². The molecule has 29 heavy (non-hydrogen) atoms. The number of carbonyl (C=O) groups is 2. The first-order chi connectivity index (χ1) is 14.1. The fraction of sp³-hybridized carbons (Fsp3) is 0.273. The van der Waals surface area contributed by atoms with E-state index in [0.29, 0.717) is 24.5 Å². The van der Waals surface area contributed by atoms with Crippen molar-refractivity contribution in [1.82, 2.24) is 10.3 Å². The molecule has 3 rings (SSSR count). The summed E-state index contributed by atoms with van der Waals surface area (Å²) in [6.45, 7) is 1.06. The van der Waals surface area contributed by atoms with Crippen molar-refractivity contribution in [3.63, 3.8) is 0 Å². The van der Waals surface area contributed by atoms with Gasteiger partial charge < -0.3 is 24.9 Å². The minimum atomic E-state index is -1.09. The molecule has 3 aromatic rings. The third kappa shape index (κ3) is 5.36. The normalized spacial score (nSPS) is 11.9. The number of aliphatic carboxylic acids is 1. The second kappa shape index (κ2) is 9.75. The van der Waals surface area contributed by atoms with E-state index in [4.69, 9.17) is 9.47 Å². The first-order valence-corrected chi connectivity index (χ1v) is 9.39. The third-order valence-corrected chi connectivity index (χ3v) is 4.56. The Morgan fingerprint density at radius 3 is 2.76 bits per heavy atom. The van der Waals surface area contributed by atoms with Gasteiger partial charge in [0.2, 0.25) is 0 Å². The average Bonchev–Trinajstić information content (AvgIpc) is 3.14. The number of methoxy groups -OCH3 is 1. The Kier molecular flexibility index (Phi) is 6.86. The van der Waals surface area contributed by atoms with Crippen molar-refractivity contribution in [2.24, 2.45) is 0 Å². The zero-order valence-electron chi connectivity index (χ0n) is 16.2. The third-order valence-electron chi connectivity index (χ3n) is 4.56. The van der Waals surface area contributed by atoms with E-state index in [1.165, 1.54) is 0 Å². The molecule has 0 aliphatic rings. The topological polar surface area (TPSA) is 101 Å². The van der Waals surface area contributed by atoms with E-state index in [1.54, 1.807) is 37.6 Å². The van der Waals surface area contributed by atoms with E-state index < -0.39 is 17.9 Å². The van der Waals surface area contributed by atoms with Gasteiger partial charge >= 0.3 is 5.97 Å². The predicted molar refractivity (Wildman–Crippen MR) is 109 cm³/mol. The van der Waals surface area contributed by atoms with E-state index in [2.05, 4.69) is 10.3 Å². The van der Waals surface area contributed by atoms with Crippen molar-refractivity contribution >= 4 is 22.8 Å². The number of ether oxygens (including phenoxy) is 2. The van der Waals surface area contributed by atoms with Gasteiger partial charge in [-0.15, -0.1) is 0 Å². The van der Waals surface area contributed by atoms with E-state index in [0.717, 1.165) is 22.9 Å². The standard InChI is InChI=1S/C22H24N2O5/c1-28-10-5-11-29-17-7-4-6-15(12-17)21(25)24-20(22(26)27)13-16-14-23-19-9-3-2-8-18(16)19/h2-4,6-9,12,14,20,23H,5,10-11,13H2,1H3,(H,24,25)(H,26,27). The van der Waals surface area contributed by atoms with Crippen molar-refractivity contribution in [3.05, 3.63) is 65.9 Å². The number of carboxylic acid groups (broad SMARTS) is 1. The molecule has 1 unspecified atom stereocenters. The van der Waals surface area contributed by atoms with Crippen LogP contribution in [0.5, 0.6) is 5.75 Å². The highest BCUT2D eigenvalue weighted by Crippen LogP contribution is 2.20. The van der Waals surface area contributed by atoms with Crippen LogP contribution in [0.4, 0.5) is 0 Å². The molecule has 0 saturated heterocycles. The fourth-order valence-electron chi connectivity index (χ4n) is 3.08. The molecule has 0 bridgehead atoms. The zero-order valence-corrected chi connectivity index (χ0v) is 16.2. The van der Waals surface area contributed by atoms with Gasteiger partial charge in [-0.3, -0.25) is 4.79 Å². The quantitative estimate of drug-likeness (QED) is 0.458. The van der Waals surface area contributed by atoms with Gasteiger partial charge in [-0.1, -0.05) is 24.3 Å². The van der Waals surface area contributed by atoms with E-state index in [-0.39, 0.29) is 6.42 Å². The molecule has 7 nitrogen and oxygen atoms in total. The summed E-state index contributed by atoms with van der Waals surface area (Å²) in [6.07, 6.45) is 2.69. The highest BCUT2D eigenvalue weighted by molar-refractivity contribution is 5.97. The number of aromatic nitrogens is 1. The number of hydrogen-bond donors (Lipinski definition) is 3. The monoisotopic (exact) mass is 396 g/mol. The van der Waals surface area contributed by atoms with Crippen LogP contribution in [-0.2, 0) is 16.0 Å². The molecule has 1 amide bonds. The van der Waals surface area contributed by atoms with E-state index in [1.807, 2.05) is 24.3 Å². The summed E-state index contributed by atoms with van der Waals surface area (Å²) in [5, 5.41) is 13.2. The average molecular weight is 396 g/mol. The van der Waals surface area contributed by atoms with Gasteiger partial charge in [-0.2, -0.15) is 0 Å². The van der Waals surface area contributed by atoms with Crippen LogP contribution in [0, 0.1) is 0 Å². The molecule has 0 fully saturated rings. The van der Waals surface area contributed by atoms with Crippen LogP contribution in [0.2, 0.25) is 0 Å². The Labute approximate surface area is 168 Å². The van der Waals surface area contributed by atoms with Crippen LogP contribution < -0.4 is 10.1 Å². The number of benzene rings is 2. The Morgan fingerprint density at radius 1 is 1.14 bits per heavy atom. The maximum absolute atomic E-state index is 12.6. The molecule has 7 heteroatoms. The molecule has 1 aromatic heterocycles. The summed E-state index contributed by atoms with van der Waals surface area (Å²) in [5.74, 6) is -0.993. The summed E-state index contributed by atoms with van der Waals surface area (Å²) in [5.41, 5.74) is 2.11. The number of aromatic amines is 1. The molecular weight excluding hydrogens is 372 g/mol. The van der Waals surface area contributed by atoms with Gasteiger partial charge in [0.05, 0.1) is 6.61 Å². The van der Waals surface area contributed by atoms with Gasteiger partial charge in [-0.25, -0.2) is 4.79 Å². The van der Waals surface area contributed by atoms with Crippen LogP contribution in [0.3, 0.4) is 0 Å². The predicted octanol–water partition coefficient (Wildman–Crippen LogP) is 3.01. The maximum atomic E-state index is 12.6. The van der Waals surface area contributed by atoms with E-state index >= 15 is 0 Å². The molecule has 1 heterocycles. The van der Waals surface area contributed by atoms with Gasteiger partial charge in [0.15, 0.2) is 0 Å². The number of H-pyrrole nitrogens is 1. The first-order valence-electron chi connectivity index (χ1n) is 9.39. The number of para-hydroxylation sites is 1. The molecule has 0 aliphatic carbocycles. The summed E-state index contributed by atoms with van der Waals surface area (Å²) in [7, 11) is 1.63. The lowest BCUT2D eigenvalue weighted by molar-refractivity contribution is -0.139. The number of nitrogens with one attached hydrogen (secondary N) is 2. The minimum absolute atomic E-state index is 0.179. The van der Waals surface area contributed by atoms with Gasteiger partial charge in [-0.05, 0) is 29.8 Å². The van der Waals surface area contributed by atoms with Crippen molar-refractivity contribution < 1.29 is 24.2 Å². The molecule has 2 aromatic carbocycles. The summed E-state index contributed by atoms with van der Waals surface area (Å²) in [6, 6.07) is 13.3. The van der Waals surface area contributed by atoms with E-state index in [9.17, 15) is 14.7 Å². The van der Waals surface area contributed by atoms with Crippen LogP contribution in [-0.4, -0.2) is 48.3 Å². The lowest BCUT2D eigenvalue weighted by Gasteiger charge is -2.15. The molecule has 152 valence electrons. The Morgan fingerprint density at radius 2 is 1.97 bits per heavy atom. The minimum Gasteiger partial charge on any atom is -0.493 e. The summed E-state index contributed by atoms with van der Waals surface area (Å²) < 4.78 is 10.6. The number of carbonyl (C=O) groups excluding carboxylic acids is 1. The van der Waals surface area contributed by atoms with Gasteiger partial charge in [0.1, 0.15) is 11.8 Å². The second-order valence-corrected chi connectivity index (χ2v) is 6.65. The Balaban J connectivity index is 1.67. The number of amides is 1.